The van der Waals surface area contributed by atoms with Gasteiger partial charge in [-0.1, -0.05) is 49.4 Å². The molecular weight excluding hydrogens is 465 g/mol. The topological polar surface area (TPSA) is 68.9 Å². The minimum absolute atomic E-state index is 0. The van der Waals surface area contributed by atoms with Gasteiger partial charge >= 0.3 is 0 Å². The lowest BCUT2D eigenvalue weighted by Crippen LogP contribution is -2.41. The van der Waals surface area contributed by atoms with Gasteiger partial charge in [0.1, 0.15) is 11.4 Å². The molecule has 0 aromatic heterocycles. The Hall–Kier alpha value is -1.80. The lowest BCUT2D eigenvalue weighted by molar-refractivity contribution is -0.0559. The molecule has 0 spiro atoms. The van der Waals surface area contributed by atoms with Crippen LogP contribution in [0.5, 0.6) is 5.75 Å². The van der Waals surface area contributed by atoms with Gasteiger partial charge in [0, 0.05) is 12.0 Å². The molecule has 150 valence electrons. The summed E-state index contributed by atoms with van der Waals surface area (Å²) >= 11 is 0. The van der Waals surface area contributed by atoms with Crippen molar-refractivity contribution in [2.24, 2.45) is 10.7 Å². The zero-order chi connectivity index (χ0) is 18.7. The molecule has 4 rings (SSSR count). The molecule has 0 aliphatic carbocycles. The van der Waals surface area contributed by atoms with Gasteiger partial charge in [0.2, 0.25) is 0 Å². The zero-order valence-electron chi connectivity index (χ0n) is 16.2. The normalized spacial score (nSPS) is 23.6. The van der Waals surface area contributed by atoms with Crippen molar-refractivity contribution >= 4 is 29.9 Å². The van der Waals surface area contributed by atoms with Crippen LogP contribution in [0.1, 0.15) is 42.5 Å². The van der Waals surface area contributed by atoms with E-state index in [9.17, 15) is 0 Å². The maximum atomic E-state index is 6.25. The van der Waals surface area contributed by atoms with Crippen LogP contribution in [0.3, 0.4) is 0 Å². The lowest BCUT2D eigenvalue weighted by atomic mass is 9.84. The highest BCUT2D eigenvalue weighted by molar-refractivity contribution is 14.0. The number of benzene rings is 2. The van der Waals surface area contributed by atoms with Gasteiger partial charge in [0.15, 0.2) is 5.96 Å². The number of nitrogens with zero attached hydrogens (tertiary/aromatic N) is 1. The van der Waals surface area contributed by atoms with Crippen molar-refractivity contribution in [1.82, 2.24) is 5.32 Å². The van der Waals surface area contributed by atoms with Crippen LogP contribution in [0, 0.1) is 0 Å². The van der Waals surface area contributed by atoms with E-state index in [4.69, 9.17) is 15.2 Å². The van der Waals surface area contributed by atoms with Crippen LogP contribution in [-0.4, -0.2) is 25.7 Å². The van der Waals surface area contributed by atoms with Crippen molar-refractivity contribution < 1.29 is 9.47 Å². The predicted molar refractivity (Wildman–Crippen MR) is 122 cm³/mol. The summed E-state index contributed by atoms with van der Waals surface area (Å²) in [6.07, 6.45) is 2.68. The van der Waals surface area contributed by atoms with Gasteiger partial charge in [-0.3, -0.25) is 4.99 Å². The smallest absolute Gasteiger partial charge is 0.189 e. The fourth-order valence-corrected chi connectivity index (χ4v) is 4.08. The first-order valence-corrected chi connectivity index (χ1v) is 9.72. The standard InChI is InChI=1S/C22H27N3O2.HI/c1-2-22(18-9-5-3-7-16(18)11-14-27-22)15-24-21(23)25-19-12-13-26-20-10-6-4-8-17(19)20;/h3-10,19H,2,11-15H2,1H3,(H3,23,24,25);1H. The maximum Gasteiger partial charge on any atom is 0.189 e. The highest BCUT2D eigenvalue weighted by Crippen LogP contribution is 2.36. The Kier molecular flexibility index (Phi) is 6.82. The van der Waals surface area contributed by atoms with Crippen molar-refractivity contribution in [2.75, 3.05) is 19.8 Å². The van der Waals surface area contributed by atoms with Crippen molar-refractivity contribution in [2.45, 2.75) is 37.8 Å². The zero-order valence-corrected chi connectivity index (χ0v) is 18.5. The van der Waals surface area contributed by atoms with Crippen LogP contribution >= 0.6 is 24.0 Å². The molecule has 3 N–H and O–H groups in total. The van der Waals surface area contributed by atoms with Gasteiger partial charge < -0.3 is 20.5 Å². The summed E-state index contributed by atoms with van der Waals surface area (Å²) < 4.78 is 11.9. The third-order valence-electron chi connectivity index (χ3n) is 5.61. The van der Waals surface area contributed by atoms with Crippen LogP contribution < -0.4 is 15.8 Å². The van der Waals surface area contributed by atoms with E-state index >= 15 is 0 Å². The Morgan fingerprint density at radius 3 is 2.82 bits per heavy atom. The number of fused-ring (bicyclic) bond motifs is 2. The van der Waals surface area contributed by atoms with Crippen LogP contribution in [0.15, 0.2) is 53.5 Å². The van der Waals surface area contributed by atoms with Crippen molar-refractivity contribution in [3.8, 4) is 5.75 Å². The second-order valence-corrected chi connectivity index (χ2v) is 7.18. The lowest BCUT2D eigenvalue weighted by Gasteiger charge is -2.37. The monoisotopic (exact) mass is 493 g/mol. The number of guanidine groups is 1. The first-order chi connectivity index (χ1) is 13.2. The number of nitrogens with two attached hydrogens (primary N) is 1. The van der Waals surface area contributed by atoms with Crippen molar-refractivity contribution in [3.63, 3.8) is 0 Å². The SMILES string of the molecule is CCC1(CN=C(N)NC2CCOc3ccccc32)OCCc2ccccc21.I. The van der Waals surface area contributed by atoms with Gasteiger partial charge in [-0.05, 0) is 30.0 Å². The molecule has 6 heteroatoms. The summed E-state index contributed by atoms with van der Waals surface area (Å²) in [4.78, 5) is 4.67. The Bertz CT molecular complexity index is 842. The van der Waals surface area contributed by atoms with Crippen LogP contribution in [0.4, 0.5) is 0 Å². The number of para-hydroxylation sites is 1. The van der Waals surface area contributed by atoms with E-state index < -0.39 is 5.60 Å². The predicted octanol–water partition coefficient (Wildman–Crippen LogP) is 3.91. The molecule has 0 radical (unpaired) electrons. The van der Waals surface area contributed by atoms with Crippen LogP contribution in [0.25, 0.3) is 0 Å². The van der Waals surface area contributed by atoms with Crippen LogP contribution in [-0.2, 0) is 16.8 Å². The Morgan fingerprint density at radius 2 is 1.96 bits per heavy atom. The van der Waals surface area contributed by atoms with Crippen LogP contribution in [0.2, 0.25) is 0 Å². The Labute approximate surface area is 183 Å². The first-order valence-electron chi connectivity index (χ1n) is 9.72. The molecule has 0 amide bonds. The largest absolute Gasteiger partial charge is 0.493 e. The Balaban J connectivity index is 0.00000225. The third kappa shape index (κ3) is 4.12. The van der Waals surface area contributed by atoms with Crippen molar-refractivity contribution in [1.29, 1.82) is 0 Å². The molecule has 2 atom stereocenters. The van der Waals surface area contributed by atoms with Gasteiger partial charge in [-0.2, -0.15) is 0 Å². The maximum absolute atomic E-state index is 6.25. The summed E-state index contributed by atoms with van der Waals surface area (Å²) in [5.41, 5.74) is 9.59. The molecule has 0 saturated heterocycles. The van der Waals surface area contributed by atoms with Crippen molar-refractivity contribution in [3.05, 3.63) is 65.2 Å². The summed E-state index contributed by atoms with van der Waals surface area (Å²) in [6, 6.07) is 16.7. The molecule has 0 saturated carbocycles. The van der Waals surface area contributed by atoms with Gasteiger partial charge in [-0.15, -0.1) is 24.0 Å². The van der Waals surface area contributed by atoms with E-state index in [1.165, 1.54) is 11.1 Å². The average Bonchev–Trinajstić information content (AvgIpc) is 2.72. The fraction of sp³-hybridized carbons (Fsp3) is 0.409. The summed E-state index contributed by atoms with van der Waals surface area (Å²) in [7, 11) is 0. The number of hydrogen-bond donors (Lipinski definition) is 2. The Morgan fingerprint density at radius 1 is 1.18 bits per heavy atom. The molecule has 2 unspecified atom stereocenters. The number of halogens is 1. The molecule has 2 aromatic carbocycles. The van der Waals surface area contributed by atoms with Gasteiger partial charge in [-0.25, -0.2) is 0 Å². The minimum atomic E-state index is -0.394. The number of aliphatic imine (C=N–C) groups is 1. The van der Waals surface area contributed by atoms with E-state index in [0.717, 1.165) is 37.2 Å². The van der Waals surface area contributed by atoms with E-state index in [-0.39, 0.29) is 30.0 Å². The second-order valence-electron chi connectivity index (χ2n) is 7.18. The van der Waals surface area contributed by atoms with E-state index in [0.29, 0.717) is 19.1 Å². The first kappa shape index (κ1) is 20.9. The fourth-order valence-electron chi connectivity index (χ4n) is 4.08. The number of hydrogen-bond acceptors (Lipinski definition) is 3. The number of rotatable bonds is 4. The summed E-state index contributed by atoms with van der Waals surface area (Å²) in [5.74, 6) is 1.37. The molecule has 2 aromatic rings. The molecule has 2 heterocycles. The average molecular weight is 493 g/mol. The van der Waals surface area contributed by atoms with E-state index in [2.05, 4.69) is 47.6 Å². The summed E-state index contributed by atoms with van der Waals surface area (Å²) in [6.45, 7) is 4.07. The highest BCUT2D eigenvalue weighted by Gasteiger charge is 2.36. The third-order valence-corrected chi connectivity index (χ3v) is 5.61. The van der Waals surface area contributed by atoms with E-state index in [1.54, 1.807) is 0 Å². The molecule has 28 heavy (non-hydrogen) atoms. The number of nitrogens with one attached hydrogen (secondary N) is 1. The molecule has 0 bridgehead atoms. The molecule has 0 fully saturated rings. The molecule has 2 aliphatic rings. The second kappa shape index (κ2) is 9.13. The van der Waals surface area contributed by atoms with Gasteiger partial charge in [0.05, 0.1) is 25.8 Å². The molecule has 2 aliphatic heterocycles. The molecule has 5 nitrogen and oxygen atoms in total. The highest BCUT2D eigenvalue weighted by atomic mass is 127. The summed E-state index contributed by atoms with van der Waals surface area (Å²) in [5, 5.41) is 3.37. The van der Waals surface area contributed by atoms with Gasteiger partial charge in [0.25, 0.3) is 0 Å². The van der Waals surface area contributed by atoms with E-state index in [1.807, 2.05) is 18.2 Å². The number of ether oxygens (including phenoxy) is 2. The quantitative estimate of drug-likeness (QED) is 0.385. The minimum Gasteiger partial charge on any atom is -0.493 e. The molecular formula is C22H28IN3O2.